The highest BCUT2D eigenvalue weighted by molar-refractivity contribution is 6.10. The minimum atomic E-state index is -4.83. The molecular formula is C12H7F3O. The summed E-state index contributed by atoms with van der Waals surface area (Å²) in [5.41, 5.74) is -0.300. The summed E-state index contributed by atoms with van der Waals surface area (Å²) in [6, 6.07) is 10.8. The molecule has 0 radical (unpaired) electrons. The van der Waals surface area contributed by atoms with Gasteiger partial charge in [0.15, 0.2) is 0 Å². The van der Waals surface area contributed by atoms with Gasteiger partial charge in [0.25, 0.3) is 5.78 Å². The summed E-state index contributed by atoms with van der Waals surface area (Å²) >= 11 is 0. The second kappa shape index (κ2) is 3.63. The van der Waals surface area contributed by atoms with Crippen molar-refractivity contribution in [3.8, 4) is 0 Å². The Hall–Kier alpha value is -1.84. The summed E-state index contributed by atoms with van der Waals surface area (Å²) < 4.78 is 36.9. The maximum absolute atomic E-state index is 12.3. The average molecular weight is 224 g/mol. The molecule has 0 aliphatic heterocycles. The highest BCUT2D eigenvalue weighted by Gasteiger charge is 2.39. The topological polar surface area (TPSA) is 17.1 Å². The van der Waals surface area contributed by atoms with E-state index >= 15 is 0 Å². The van der Waals surface area contributed by atoms with Crippen molar-refractivity contribution in [1.82, 2.24) is 0 Å². The molecule has 0 bridgehead atoms. The lowest BCUT2D eigenvalue weighted by Gasteiger charge is -2.07. The molecule has 82 valence electrons. The van der Waals surface area contributed by atoms with Crippen molar-refractivity contribution in [1.29, 1.82) is 0 Å². The Morgan fingerprint density at radius 1 is 0.938 bits per heavy atom. The Bertz CT molecular complexity index is 538. The smallest absolute Gasteiger partial charge is 0.284 e. The molecule has 0 heterocycles. The largest absolute Gasteiger partial charge is 0.454 e. The normalized spacial score (nSPS) is 11.7. The predicted molar refractivity (Wildman–Crippen MR) is 54.3 cm³/mol. The van der Waals surface area contributed by atoms with Gasteiger partial charge in [-0.1, -0.05) is 42.5 Å². The van der Waals surface area contributed by atoms with E-state index in [0.29, 0.717) is 10.8 Å². The summed E-state index contributed by atoms with van der Waals surface area (Å²) in [4.78, 5) is 11.2. The molecule has 0 saturated carbocycles. The van der Waals surface area contributed by atoms with Gasteiger partial charge in [0, 0.05) is 5.56 Å². The van der Waals surface area contributed by atoms with Crippen LogP contribution >= 0.6 is 0 Å². The molecule has 0 aliphatic rings. The van der Waals surface area contributed by atoms with Gasteiger partial charge in [0.05, 0.1) is 0 Å². The number of hydrogen-bond acceptors (Lipinski definition) is 1. The molecule has 0 unspecified atom stereocenters. The van der Waals surface area contributed by atoms with E-state index in [1.54, 1.807) is 24.3 Å². The molecule has 0 fully saturated rings. The lowest BCUT2D eigenvalue weighted by molar-refractivity contribution is -0.0884. The van der Waals surface area contributed by atoms with Crippen LogP contribution in [0.1, 0.15) is 10.4 Å². The molecule has 2 rings (SSSR count). The summed E-state index contributed by atoms with van der Waals surface area (Å²) in [6.45, 7) is 0. The van der Waals surface area contributed by atoms with Gasteiger partial charge >= 0.3 is 6.18 Å². The fourth-order valence-electron chi connectivity index (χ4n) is 1.58. The number of carbonyl (C=O) groups excluding carboxylic acids is 1. The Morgan fingerprint density at radius 2 is 1.56 bits per heavy atom. The third kappa shape index (κ3) is 1.78. The van der Waals surface area contributed by atoms with Crippen LogP contribution in [0.15, 0.2) is 42.5 Å². The van der Waals surface area contributed by atoms with Crippen molar-refractivity contribution in [2.45, 2.75) is 6.18 Å². The predicted octanol–water partition coefficient (Wildman–Crippen LogP) is 3.58. The second-order valence-electron chi connectivity index (χ2n) is 3.35. The average Bonchev–Trinajstić information content (AvgIpc) is 2.26. The molecule has 0 aliphatic carbocycles. The number of rotatable bonds is 1. The lowest BCUT2D eigenvalue weighted by atomic mass is 10.0. The number of carbonyl (C=O) groups is 1. The van der Waals surface area contributed by atoms with Crippen molar-refractivity contribution >= 4 is 16.6 Å². The highest BCUT2D eigenvalue weighted by Crippen LogP contribution is 2.26. The Morgan fingerprint density at radius 3 is 2.25 bits per heavy atom. The first-order valence-corrected chi connectivity index (χ1v) is 4.59. The van der Waals surface area contributed by atoms with Crippen LogP contribution in [0, 0.1) is 0 Å². The van der Waals surface area contributed by atoms with Gasteiger partial charge in [0.2, 0.25) is 0 Å². The summed E-state index contributed by atoms with van der Waals surface area (Å²) in [6.07, 6.45) is -4.83. The van der Waals surface area contributed by atoms with Gasteiger partial charge in [-0.15, -0.1) is 0 Å². The summed E-state index contributed by atoms with van der Waals surface area (Å²) in [7, 11) is 0. The van der Waals surface area contributed by atoms with Crippen LogP contribution in [0.3, 0.4) is 0 Å². The van der Waals surface area contributed by atoms with Crippen molar-refractivity contribution in [2.75, 3.05) is 0 Å². The van der Waals surface area contributed by atoms with Crippen molar-refractivity contribution in [2.24, 2.45) is 0 Å². The zero-order valence-corrected chi connectivity index (χ0v) is 8.08. The van der Waals surface area contributed by atoms with Crippen LogP contribution in [0.5, 0.6) is 0 Å². The van der Waals surface area contributed by atoms with Crippen LogP contribution in [0.4, 0.5) is 13.2 Å². The fourth-order valence-corrected chi connectivity index (χ4v) is 1.58. The number of hydrogen-bond donors (Lipinski definition) is 0. The lowest BCUT2D eigenvalue weighted by Crippen LogP contribution is -2.22. The Labute approximate surface area is 89.5 Å². The first kappa shape index (κ1) is 10.7. The zero-order chi connectivity index (χ0) is 11.8. The second-order valence-corrected chi connectivity index (χ2v) is 3.35. The molecule has 0 amide bonds. The van der Waals surface area contributed by atoms with Crippen LogP contribution < -0.4 is 0 Å². The monoisotopic (exact) mass is 224 g/mol. The van der Waals surface area contributed by atoms with E-state index in [0.717, 1.165) is 0 Å². The minimum absolute atomic E-state index is 0.300. The number of alkyl halides is 3. The van der Waals surface area contributed by atoms with E-state index in [9.17, 15) is 18.0 Å². The molecule has 0 spiro atoms. The van der Waals surface area contributed by atoms with Gasteiger partial charge < -0.3 is 0 Å². The number of benzene rings is 2. The molecular weight excluding hydrogens is 217 g/mol. The van der Waals surface area contributed by atoms with Crippen molar-refractivity contribution in [3.63, 3.8) is 0 Å². The number of halogens is 3. The van der Waals surface area contributed by atoms with Crippen molar-refractivity contribution < 1.29 is 18.0 Å². The standard InChI is InChI=1S/C12H7F3O/c13-12(14,15)11(16)10-7-3-5-8-4-1-2-6-9(8)10/h1-7H/i13+0. The molecule has 2 aromatic carbocycles. The molecule has 4 heteroatoms. The van der Waals surface area contributed by atoms with Gasteiger partial charge in [-0.3, -0.25) is 4.79 Å². The van der Waals surface area contributed by atoms with E-state index in [1.807, 2.05) is 0 Å². The van der Waals surface area contributed by atoms with E-state index in [4.69, 9.17) is 0 Å². The van der Waals surface area contributed by atoms with Gasteiger partial charge in [-0.25, -0.2) is 0 Å². The fraction of sp³-hybridized carbons (Fsp3) is 0.0833. The van der Waals surface area contributed by atoms with Crippen molar-refractivity contribution in [3.05, 3.63) is 48.0 Å². The minimum Gasteiger partial charge on any atom is -0.284 e. The number of Topliss-reactive ketones (excluding diaryl/α,β-unsaturated/α-hetero) is 1. The maximum Gasteiger partial charge on any atom is 0.454 e. The quantitative estimate of drug-likeness (QED) is 0.676. The number of fused-ring (bicyclic) bond motifs is 1. The Balaban J connectivity index is 2.66. The first-order chi connectivity index (χ1) is 7.50. The van der Waals surface area contributed by atoms with E-state index in [-0.39, 0.29) is 5.56 Å². The number of ketones is 1. The third-order valence-corrected chi connectivity index (χ3v) is 2.29. The van der Waals surface area contributed by atoms with Gasteiger partial charge in [0.1, 0.15) is 0 Å². The Kier molecular flexibility index (Phi) is 2.42. The van der Waals surface area contributed by atoms with Crippen LogP contribution in [0.25, 0.3) is 10.8 Å². The van der Waals surface area contributed by atoms with E-state index < -0.39 is 12.0 Å². The summed E-state index contributed by atoms with van der Waals surface area (Å²) in [5, 5.41) is 0.949. The molecule has 16 heavy (non-hydrogen) atoms. The van der Waals surface area contributed by atoms with Gasteiger partial charge in [-0.2, -0.15) is 13.2 Å². The molecule has 0 atom stereocenters. The molecule has 0 saturated heterocycles. The van der Waals surface area contributed by atoms with Crippen LogP contribution in [0.2, 0.25) is 0 Å². The maximum atomic E-state index is 12.3. The SMILES string of the molecule is O=C(c1cccc2ccccc12)C(F)(F)[19F]. The summed E-state index contributed by atoms with van der Waals surface area (Å²) in [5.74, 6) is -1.80. The van der Waals surface area contributed by atoms with E-state index in [2.05, 4.69) is 0 Å². The molecule has 0 aromatic heterocycles. The molecule has 2 aromatic rings. The third-order valence-electron chi connectivity index (χ3n) is 2.29. The molecule has 0 N–H and O–H groups in total. The highest BCUT2D eigenvalue weighted by atomic mass is 19.4. The van der Waals surface area contributed by atoms with Crippen LogP contribution in [-0.4, -0.2) is 12.0 Å². The molecule has 1 nitrogen and oxygen atoms in total. The first-order valence-electron chi connectivity index (χ1n) is 4.59. The zero-order valence-electron chi connectivity index (χ0n) is 8.08. The van der Waals surface area contributed by atoms with E-state index in [1.165, 1.54) is 18.2 Å². The van der Waals surface area contributed by atoms with Gasteiger partial charge in [-0.05, 0) is 10.8 Å². The van der Waals surface area contributed by atoms with Crippen LogP contribution in [-0.2, 0) is 0 Å².